The van der Waals surface area contributed by atoms with E-state index in [-0.39, 0.29) is 5.91 Å². The molecule has 2 aromatic rings. The molecule has 0 saturated heterocycles. The van der Waals surface area contributed by atoms with Crippen LogP contribution >= 0.6 is 11.3 Å². The van der Waals surface area contributed by atoms with E-state index in [2.05, 4.69) is 29.1 Å². The number of hydrogen-bond donors (Lipinski definition) is 1. The fourth-order valence-corrected chi connectivity index (χ4v) is 2.24. The molecule has 94 valence electrons. The van der Waals surface area contributed by atoms with Crippen molar-refractivity contribution in [1.82, 2.24) is 15.3 Å². The molecule has 5 heteroatoms. The Morgan fingerprint density at radius 2 is 2.28 bits per heavy atom. The minimum Gasteiger partial charge on any atom is -0.345 e. The minimum absolute atomic E-state index is 0.149. The smallest absolute Gasteiger partial charge is 0.271 e. The van der Waals surface area contributed by atoms with Crippen molar-refractivity contribution in [2.24, 2.45) is 0 Å². The highest BCUT2D eigenvalue weighted by Gasteiger charge is 2.12. The van der Waals surface area contributed by atoms with Gasteiger partial charge in [-0.2, -0.15) is 0 Å². The van der Waals surface area contributed by atoms with Crippen LogP contribution in [-0.2, 0) is 6.54 Å². The third-order valence-electron chi connectivity index (χ3n) is 2.40. The number of carbonyl (C=O) groups excluding carboxylic acids is 1. The first-order valence-corrected chi connectivity index (χ1v) is 6.68. The summed E-state index contributed by atoms with van der Waals surface area (Å²) >= 11 is 1.52. The lowest BCUT2D eigenvalue weighted by atomic mass is 10.2. The Morgan fingerprint density at radius 3 is 2.89 bits per heavy atom. The number of pyridine rings is 1. The van der Waals surface area contributed by atoms with Gasteiger partial charge in [-0.3, -0.25) is 9.78 Å². The van der Waals surface area contributed by atoms with Crippen LogP contribution in [0.15, 0.2) is 29.8 Å². The van der Waals surface area contributed by atoms with E-state index < -0.39 is 0 Å². The highest BCUT2D eigenvalue weighted by atomic mass is 32.1. The lowest BCUT2D eigenvalue weighted by Gasteiger charge is -2.02. The third kappa shape index (κ3) is 3.13. The standard InChI is InChI=1S/C13H15N3OS/c1-9(2)13-16-11(8-18-13)12(17)15-7-10-5-3-4-6-14-10/h3-6,8-9H,7H2,1-2H3,(H,15,17). The Bertz CT molecular complexity index is 522. The fraction of sp³-hybridized carbons (Fsp3) is 0.308. The maximum Gasteiger partial charge on any atom is 0.271 e. The first kappa shape index (κ1) is 12.7. The second-order valence-electron chi connectivity index (χ2n) is 4.23. The zero-order valence-electron chi connectivity index (χ0n) is 10.4. The van der Waals surface area contributed by atoms with Crippen molar-refractivity contribution < 1.29 is 4.79 Å². The minimum atomic E-state index is -0.149. The second kappa shape index (κ2) is 5.73. The summed E-state index contributed by atoms with van der Waals surface area (Å²) in [7, 11) is 0. The molecule has 1 amide bonds. The van der Waals surface area contributed by atoms with Crippen molar-refractivity contribution in [3.63, 3.8) is 0 Å². The monoisotopic (exact) mass is 261 g/mol. The summed E-state index contributed by atoms with van der Waals surface area (Å²) in [6, 6.07) is 5.62. The molecular formula is C13H15N3OS. The maximum absolute atomic E-state index is 11.9. The van der Waals surface area contributed by atoms with Gasteiger partial charge in [0.05, 0.1) is 17.2 Å². The first-order chi connectivity index (χ1) is 8.66. The average Bonchev–Trinajstić information content (AvgIpc) is 2.87. The van der Waals surface area contributed by atoms with E-state index in [1.807, 2.05) is 18.2 Å². The molecule has 0 spiro atoms. The SMILES string of the molecule is CC(C)c1nc(C(=O)NCc2ccccn2)cs1. The summed E-state index contributed by atoms with van der Waals surface area (Å²) in [4.78, 5) is 20.3. The van der Waals surface area contributed by atoms with Gasteiger partial charge in [-0.1, -0.05) is 19.9 Å². The normalized spacial score (nSPS) is 10.6. The molecule has 0 aliphatic rings. The molecule has 0 saturated carbocycles. The zero-order chi connectivity index (χ0) is 13.0. The van der Waals surface area contributed by atoms with E-state index >= 15 is 0 Å². The lowest BCUT2D eigenvalue weighted by molar-refractivity contribution is 0.0946. The van der Waals surface area contributed by atoms with E-state index in [0.717, 1.165) is 10.7 Å². The molecule has 0 aromatic carbocycles. The van der Waals surface area contributed by atoms with Gasteiger partial charge in [0.25, 0.3) is 5.91 Å². The number of carbonyl (C=O) groups is 1. The molecule has 4 nitrogen and oxygen atoms in total. The third-order valence-corrected chi connectivity index (χ3v) is 3.55. The Kier molecular flexibility index (Phi) is 4.04. The van der Waals surface area contributed by atoms with Gasteiger partial charge in [0, 0.05) is 17.5 Å². The molecule has 0 aliphatic carbocycles. The lowest BCUT2D eigenvalue weighted by Crippen LogP contribution is -2.23. The Morgan fingerprint density at radius 1 is 1.44 bits per heavy atom. The number of aromatic nitrogens is 2. The average molecular weight is 261 g/mol. The van der Waals surface area contributed by atoms with Gasteiger partial charge in [-0.15, -0.1) is 11.3 Å². The summed E-state index contributed by atoms with van der Waals surface area (Å²) in [5, 5.41) is 5.59. The molecule has 0 atom stereocenters. The van der Waals surface area contributed by atoms with Gasteiger partial charge in [-0.05, 0) is 12.1 Å². The van der Waals surface area contributed by atoms with E-state index in [1.165, 1.54) is 11.3 Å². The van der Waals surface area contributed by atoms with Crippen molar-refractivity contribution >= 4 is 17.2 Å². The number of hydrogen-bond acceptors (Lipinski definition) is 4. The van der Waals surface area contributed by atoms with Crippen molar-refractivity contribution in [2.45, 2.75) is 26.3 Å². The highest BCUT2D eigenvalue weighted by Crippen LogP contribution is 2.18. The Balaban J connectivity index is 1.95. The number of nitrogens with one attached hydrogen (secondary N) is 1. The van der Waals surface area contributed by atoms with Crippen LogP contribution in [0.25, 0.3) is 0 Å². The number of thiazole rings is 1. The molecule has 2 rings (SSSR count). The van der Waals surface area contributed by atoms with E-state index in [9.17, 15) is 4.79 Å². The van der Waals surface area contributed by atoms with Gasteiger partial charge in [0.2, 0.25) is 0 Å². The molecule has 1 N–H and O–H groups in total. The molecule has 18 heavy (non-hydrogen) atoms. The molecule has 0 unspecified atom stereocenters. The number of nitrogens with zero attached hydrogens (tertiary/aromatic N) is 2. The molecular weight excluding hydrogens is 246 g/mol. The Labute approximate surface area is 110 Å². The molecule has 0 bridgehead atoms. The van der Waals surface area contributed by atoms with Crippen LogP contribution in [0.3, 0.4) is 0 Å². The van der Waals surface area contributed by atoms with Gasteiger partial charge in [0.1, 0.15) is 5.69 Å². The van der Waals surface area contributed by atoms with Gasteiger partial charge < -0.3 is 5.32 Å². The van der Waals surface area contributed by atoms with Gasteiger partial charge in [0.15, 0.2) is 0 Å². The van der Waals surface area contributed by atoms with Crippen LogP contribution in [0.1, 0.15) is 41.0 Å². The maximum atomic E-state index is 11.9. The number of amides is 1. The largest absolute Gasteiger partial charge is 0.345 e. The van der Waals surface area contributed by atoms with Crippen LogP contribution in [0.5, 0.6) is 0 Å². The number of rotatable bonds is 4. The highest BCUT2D eigenvalue weighted by molar-refractivity contribution is 7.09. The topological polar surface area (TPSA) is 54.9 Å². The Hall–Kier alpha value is -1.75. The summed E-state index contributed by atoms with van der Waals surface area (Å²) < 4.78 is 0. The van der Waals surface area contributed by atoms with E-state index in [0.29, 0.717) is 18.2 Å². The molecule has 0 aliphatic heterocycles. The van der Waals surface area contributed by atoms with Crippen LogP contribution in [-0.4, -0.2) is 15.9 Å². The van der Waals surface area contributed by atoms with Crippen molar-refractivity contribution in [2.75, 3.05) is 0 Å². The predicted octanol–water partition coefficient (Wildman–Crippen LogP) is 2.59. The summed E-state index contributed by atoms with van der Waals surface area (Å²) in [6.07, 6.45) is 1.71. The second-order valence-corrected chi connectivity index (χ2v) is 5.12. The van der Waals surface area contributed by atoms with Gasteiger partial charge in [-0.25, -0.2) is 4.98 Å². The summed E-state index contributed by atoms with van der Waals surface area (Å²) in [5.41, 5.74) is 1.32. The first-order valence-electron chi connectivity index (χ1n) is 5.80. The van der Waals surface area contributed by atoms with Gasteiger partial charge >= 0.3 is 0 Å². The fourth-order valence-electron chi connectivity index (χ4n) is 1.42. The summed E-state index contributed by atoms with van der Waals surface area (Å²) in [5.74, 6) is 0.205. The summed E-state index contributed by atoms with van der Waals surface area (Å²) in [6.45, 7) is 4.55. The molecule has 2 aromatic heterocycles. The molecule has 2 heterocycles. The van der Waals surface area contributed by atoms with Crippen molar-refractivity contribution in [3.05, 3.63) is 46.2 Å². The van der Waals surface area contributed by atoms with Crippen molar-refractivity contribution in [3.8, 4) is 0 Å². The van der Waals surface area contributed by atoms with Crippen molar-refractivity contribution in [1.29, 1.82) is 0 Å². The van der Waals surface area contributed by atoms with E-state index in [4.69, 9.17) is 0 Å². The zero-order valence-corrected chi connectivity index (χ0v) is 11.2. The van der Waals surface area contributed by atoms with E-state index in [1.54, 1.807) is 11.6 Å². The molecule has 0 fully saturated rings. The van der Waals surface area contributed by atoms with Crippen LogP contribution in [0.4, 0.5) is 0 Å². The van der Waals surface area contributed by atoms with Crippen LogP contribution in [0.2, 0.25) is 0 Å². The van der Waals surface area contributed by atoms with Crippen LogP contribution < -0.4 is 5.32 Å². The molecule has 0 radical (unpaired) electrons. The predicted molar refractivity (Wildman–Crippen MR) is 71.6 cm³/mol. The van der Waals surface area contributed by atoms with Crippen LogP contribution in [0, 0.1) is 0 Å². The quantitative estimate of drug-likeness (QED) is 0.920.